The summed E-state index contributed by atoms with van der Waals surface area (Å²) in [7, 11) is 0. The zero-order valence-electron chi connectivity index (χ0n) is 10.3. The van der Waals surface area contributed by atoms with Crippen LogP contribution in [0.2, 0.25) is 0 Å². The summed E-state index contributed by atoms with van der Waals surface area (Å²) in [4.78, 5) is 2.72. The fourth-order valence-corrected chi connectivity index (χ4v) is 3.31. The molecular formula is C13H26N2. The summed E-state index contributed by atoms with van der Waals surface area (Å²) in [5.41, 5.74) is 6.12. The first-order valence-corrected chi connectivity index (χ1v) is 6.56. The van der Waals surface area contributed by atoms with E-state index < -0.39 is 0 Å². The molecule has 0 bridgehead atoms. The van der Waals surface area contributed by atoms with Gasteiger partial charge in [-0.25, -0.2) is 0 Å². The van der Waals surface area contributed by atoms with E-state index in [1.54, 1.807) is 0 Å². The second-order valence-electron chi connectivity index (χ2n) is 6.24. The number of hydrogen-bond acceptors (Lipinski definition) is 2. The zero-order chi connectivity index (χ0) is 10.9. The van der Waals surface area contributed by atoms with Crippen LogP contribution in [0.4, 0.5) is 0 Å². The lowest BCUT2D eigenvalue weighted by Gasteiger charge is -2.36. The fourth-order valence-electron chi connectivity index (χ4n) is 3.31. The molecule has 2 fully saturated rings. The van der Waals surface area contributed by atoms with E-state index in [2.05, 4.69) is 18.7 Å². The maximum atomic E-state index is 5.83. The smallest absolute Gasteiger partial charge is 0.0124 e. The minimum absolute atomic E-state index is 0.298. The summed E-state index contributed by atoms with van der Waals surface area (Å²) in [6, 6.07) is 0.893. The van der Waals surface area contributed by atoms with Crippen LogP contribution in [0.3, 0.4) is 0 Å². The maximum Gasteiger partial charge on any atom is 0.0124 e. The Kier molecular flexibility index (Phi) is 3.36. The van der Waals surface area contributed by atoms with E-state index in [0.29, 0.717) is 5.41 Å². The normalized spacial score (nSPS) is 33.0. The average Bonchev–Trinajstić information content (AvgIpc) is 2.62. The lowest BCUT2D eigenvalue weighted by molar-refractivity contribution is 0.131. The number of fused-ring (bicyclic) bond motifs is 1. The van der Waals surface area contributed by atoms with Crippen molar-refractivity contribution in [3.8, 4) is 0 Å². The molecule has 15 heavy (non-hydrogen) atoms. The summed E-state index contributed by atoms with van der Waals surface area (Å²) < 4.78 is 0. The van der Waals surface area contributed by atoms with Gasteiger partial charge in [0.1, 0.15) is 0 Å². The van der Waals surface area contributed by atoms with Gasteiger partial charge in [0, 0.05) is 12.6 Å². The highest BCUT2D eigenvalue weighted by molar-refractivity contribution is 4.91. The van der Waals surface area contributed by atoms with Gasteiger partial charge in [-0.05, 0) is 43.7 Å². The monoisotopic (exact) mass is 210 g/mol. The van der Waals surface area contributed by atoms with Gasteiger partial charge >= 0.3 is 0 Å². The molecule has 1 aliphatic heterocycles. The largest absolute Gasteiger partial charge is 0.330 e. The lowest BCUT2D eigenvalue weighted by Crippen LogP contribution is -2.43. The van der Waals surface area contributed by atoms with Gasteiger partial charge in [0.05, 0.1) is 0 Å². The molecule has 0 spiro atoms. The van der Waals surface area contributed by atoms with Crippen LogP contribution in [0.25, 0.3) is 0 Å². The van der Waals surface area contributed by atoms with Crippen LogP contribution in [0, 0.1) is 11.3 Å². The molecule has 0 aromatic heterocycles. The molecule has 2 heteroatoms. The first-order chi connectivity index (χ1) is 7.12. The van der Waals surface area contributed by atoms with Gasteiger partial charge in [0.2, 0.25) is 0 Å². The SMILES string of the molecule is CC(C)(CN)CN1CCC2CCCCC21. The van der Waals surface area contributed by atoms with Gasteiger partial charge in [-0.2, -0.15) is 0 Å². The van der Waals surface area contributed by atoms with Crippen LogP contribution in [0.5, 0.6) is 0 Å². The molecule has 1 aliphatic carbocycles. The molecule has 0 aromatic rings. The van der Waals surface area contributed by atoms with E-state index in [0.717, 1.165) is 18.5 Å². The lowest BCUT2D eigenvalue weighted by atomic mass is 9.84. The quantitative estimate of drug-likeness (QED) is 0.774. The summed E-state index contributed by atoms with van der Waals surface area (Å²) in [5.74, 6) is 1.01. The highest BCUT2D eigenvalue weighted by Crippen LogP contribution is 2.37. The van der Waals surface area contributed by atoms with Crippen molar-refractivity contribution in [1.82, 2.24) is 4.90 Å². The maximum absolute atomic E-state index is 5.83. The van der Waals surface area contributed by atoms with Crippen molar-refractivity contribution in [3.63, 3.8) is 0 Å². The molecular weight excluding hydrogens is 184 g/mol. The van der Waals surface area contributed by atoms with Crippen molar-refractivity contribution < 1.29 is 0 Å². The topological polar surface area (TPSA) is 29.3 Å². The predicted molar refractivity (Wildman–Crippen MR) is 64.8 cm³/mol. The van der Waals surface area contributed by atoms with E-state index in [4.69, 9.17) is 5.73 Å². The number of nitrogens with zero attached hydrogens (tertiary/aromatic N) is 1. The summed E-state index contributed by atoms with van der Waals surface area (Å²) in [5, 5.41) is 0. The van der Waals surface area contributed by atoms with Crippen molar-refractivity contribution in [2.45, 2.75) is 52.0 Å². The van der Waals surface area contributed by atoms with Crippen molar-refractivity contribution in [2.24, 2.45) is 17.1 Å². The number of likely N-dealkylation sites (tertiary alicyclic amines) is 1. The van der Waals surface area contributed by atoms with E-state index in [-0.39, 0.29) is 0 Å². The van der Waals surface area contributed by atoms with Crippen LogP contribution in [0.15, 0.2) is 0 Å². The van der Waals surface area contributed by atoms with Gasteiger partial charge in [0.25, 0.3) is 0 Å². The zero-order valence-corrected chi connectivity index (χ0v) is 10.3. The molecule has 2 unspecified atom stereocenters. The minimum atomic E-state index is 0.298. The number of rotatable bonds is 3. The highest BCUT2D eigenvalue weighted by Gasteiger charge is 2.37. The van der Waals surface area contributed by atoms with Crippen LogP contribution >= 0.6 is 0 Å². The molecule has 2 atom stereocenters. The number of hydrogen-bond donors (Lipinski definition) is 1. The van der Waals surface area contributed by atoms with Gasteiger partial charge in [-0.3, -0.25) is 4.90 Å². The van der Waals surface area contributed by atoms with Crippen molar-refractivity contribution in [1.29, 1.82) is 0 Å². The van der Waals surface area contributed by atoms with Gasteiger partial charge in [-0.1, -0.05) is 26.7 Å². The Hall–Kier alpha value is -0.0800. The molecule has 1 saturated heterocycles. The second-order valence-corrected chi connectivity index (χ2v) is 6.24. The minimum Gasteiger partial charge on any atom is -0.330 e. The highest BCUT2D eigenvalue weighted by atomic mass is 15.2. The molecule has 1 heterocycles. The Bertz CT molecular complexity index is 213. The van der Waals surface area contributed by atoms with E-state index in [9.17, 15) is 0 Å². The third-order valence-corrected chi connectivity index (χ3v) is 4.31. The summed E-state index contributed by atoms with van der Waals surface area (Å²) >= 11 is 0. The number of nitrogens with two attached hydrogens (primary N) is 1. The predicted octanol–water partition coefficient (Wildman–Crippen LogP) is 2.24. The fraction of sp³-hybridized carbons (Fsp3) is 1.00. The molecule has 1 saturated carbocycles. The first-order valence-electron chi connectivity index (χ1n) is 6.56. The van der Waals surface area contributed by atoms with Crippen LogP contribution < -0.4 is 5.73 Å². The standard InChI is InChI=1S/C13H26N2/c1-13(2,9-14)10-15-8-7-11-5-3-4-6-12(11)15/h11-12H,3-10,14H2,1-2H3. The molecule has 0 aromatic carbocycles. The molecule has 2 rings (SSSR count). The van der Waals surface area contributed by atoms with Gasteiger partial charge in [0.15, 0.2) is 0 Å². The molecule has 0 amide bonds. The third-order valence-electron chi connectivity index (χ3n) is 4.31. The van der Waals surface area contributed by atoms with Crippen LogP contribution in [-0.2, 0) is 0 Å². The molecule has 2 N–H and O–H groups in total. The molecule has 2 aliphatic rings. The Morgan fingerprint density at radius 1 is 1.20 bits per heavy atom. The third kappa shape index (κ3) is 2.54. The van der Waals surface area contributed by atoms with Crippen LogP contribution in [0.1, 0.15) is 46.0 Å². The van der Waals surface area contributed by atoms with Crippen molar-refractivity contribution >= 4 is 0 Å². The summed E-state index contributed by atoms with van der Waals surface area (Å²) in [6.07, 6.45) is 7.26. The molecule has 2 nitrogen and oxygen atoms in total. The van der Waals surface area contributed by atoms with E-state index in [1.807, 2.05) is 0 Å². The van der Waals surface area contributed by atoms with E-state index in [1.165, 1.54) is 45.2 Å². The Balaban J connectivity index is 1.93. The van der Waals surface area contributed by atoms with Crippen molar-refractivity contribution in [2.75, 3.05) is 19.6 Å². The van der Waals surface area contributed by atoms with Gasteiger partial charge < -0.3 is 5.73 Å². The Morgan fingerprint density at radius 3 is 2.67 bits per heavy atom. The van der Waals surface area contributed by atoms with Gasteiger partial charge in [-0.15, -0.1) is 0 Å². The molecule has 0 radical (unpaired) electrons. The summed E-state index contributed by atoms with van der Waals surface area (Å²) in [6.45, 7) is 7.91. The van der Waals surface area contributed by atoms with Crippen LogP contribution in [-0.4, -0.2) is 30.6 Å². The van der Waals surface area contributed by atoms with E-state index >= 15 is 0 Å². The first kappa shape index (κ1) is 11.4. The Labute approximate surface area is 94.2 Å². The Morgan fingerprint density at radius 2 is 1.93 bits per heavy atom. The van der Waals surface area contributed by atoms with Crippen molar-refractivity contribution in [3.05, 3.63) is 0 Å². The average molecular weight is 210 g/mol. The second kappa shape index (κ2) is 4.42. The molecule has 88 valence electrons.